The minimum Gasteiger partial charge on any atom is -0.508 e. The number of nitrogens with one attached hydrogen (secondary N) is 2. The summed E-state index contributed by atoms with van der Waals surface area (Å²) in [6, 6.07) is 11.0. The van der Waals surface area contributed by atoms with E-state index in [0.29, 0.717) is 18.7 Å². The van der Waals surface area contributed by atoms with Crippen molar-refractivity contribution in [1.29, 1.82) is 0 Å². The minimum atomic E-state index is -0.183. The zero-order valence-corrected chi connectivity index (χ0v) is 12.2. The second-order valence-corrected chi connectivity index (χ2v) is 5.41. The Bertz CT molecular complexity index is 658. The first-order valence-corrected chi connectivity index (χ1v) is 7.49. The van der Waals surface area contributed by atoms with E-state index in [9.17, 15) is 9.90 Å². The van der Waals surface area contributed by atoms with Gasteiger partial charge in [-0.1, -0.05) is 18.2 Å². The van der Waals surface area contributed by atoms with Crippen LogP contribution in [0, 0.1) is 0 Å². The summed E-state index contributed by atoms with van der Waals surface area (Å²) in [5, 5.41) is 15.6. The van der Waals surface area contributed by atoms with Crippen molar-refractivity contribution in [1.82, 2.24) is 15.6 Å². The first-order chi connectivity index (χ1) is 10.7. The lowest BCUT2D eigenvalue weighted by Gasteiger charge is -2.15. The molecule has 5 nitrogen and oxygen atoms in total. The van der Waals surface area contributed by atoms with Gasteiger partial charge in [0.1, 0.15) is 5.75 Å². The van der Waals surface area contributed by atoms with Crippen LogP contribution in [0.15, 0.2) is 42.6 Å². The Labute approximate surface area is 129 Å². The van der Waals surface area contributed by atoms with E-state index in [4.69, 9.17) is 0 Å². The summed E-state index contributed by atoms with van der Waals surface area (Å²) in [6.45, 7) is 0.544. The van der Waals surface area contributed by atoms with Crippen molar-refractivity contribution in [3.8, 4) is 5.75 Å². The lowest BCUT2D eigenvalue weighted by Crippen LogP contribution is -2.38. The molecule has 1 aromatic heterocycles. The summed E-state index contributed by atoms with van der Waals surface area (Å²) in [6.07, 6.45) is 4.06. The van der Waals surface area contributed by atoms with Crippen molar-refractivity contribution in [3.05, 3.63) is 59.4 Å². The molecule has 1 aromatic carbocycles. The van der Waals surface area contributed by atoms with Crippen molar-refractivity contribution in [2.75, 3.05) is 6.54 Å². The summed E-state index contributed by atoms with van der Waals surface area (Å²) in [4.78, 5) is 16.2. The number of phenols is 1. The fourth-order valence-corrected chi connectivity index (χ4v) is 2.84. The van der Waals surface area contributed by atoms with Gasteiger partial charge in [0.05, 0.1) is 6.04 Å². The van der Waals surface area contributed by atoms with Gasteiger partial charge < -0.3 is 15.7 Å². The molecule has 0 saturated carbocycles. The Morgan fingerprint density at radius 1 is 1.27 bits per heavy atom. The highest BCUT2D eigenvalue weighted by Gasteiger charge is 2.25. The number of phenolic OH excluding ortho intramolecular Hbond substituents is 1. The number of aromatic hydroxyl groups is 1. The molecule has 1 atom stereocenters. The molecule has 0 bridgehead atoms. The smallest absolute Gasteiger partial charge is 0.315 e. The Balaban J connectivity index is 1.50. The zero-order chi connectivity index (χ0) is 15.4. The van der Waals surface area contributed by atoms with E-state index >= 15 is 0 Å². The number of carbonyl (C=O) groups is 1. The lowest BCUT2D eigenvalue weighted by molar-refractivity contribution is 0.237. The zero-order valence-electron chi connectivity index (χ0n) is 12.2. The second kappa shape index (κ2) is 6.47. The molecule has 114 valence electrons. The van der Waals surface area contributed by atoms with E-state index in [1.54, 1.807) is 12.3 Å². The first-order valence-electron chi connectivity index (χ1n) is 7.49. The molecule has 5 heteroatoms. The number of rotatable bonds is 4. The van der Waals surface area contributed by atoms with Gasteiger partial charge in [0.15, 0.2) is 0 Å². The van der Waals surface area contributed by atoms with E-state index in [-0.39, 0.29) is 12.1 Å². The van der Waals surface area contributed by atoms with Gasteiger partial charge >= 0.3 is 6.03 Å². The third kappa shape index (κ3) is 3.19. The molecule has 0 spiro atoms. The predicted octanol–water partition coefficient (Wildman–Crippen LogP) is 2.32. The number of fused-ring (bicyclic) bond motifs is 1. The highest BCUT2D eigenvalue weighted by Crippen LogP contribution is 2.36. The molecule has 0 aliphatic heterocycles. The van der Waals surface area contributed by atoms with Crippen LogP contribution in [0.3, 0.4) is 0 Å². The quantitative estimate of drug-likeness (QED) is 0.810. The topological polar surface area (TPSA) is 74.2 Å². The lowest BCUT2D eigenvalue weighted by atomic mass is 10.1. The standard InChI is InChI=1S/C17H19N3O2/c21-16-6-3-5-13-14(16)7-8-15(13)20-17(22)19-11-9-12-4-1-2-10-18-12/h1-6,10,15,21H,7-9,11H2,(H2,19,20,22)/t15-/m0/s1. The van der Waals surface area contributed by atoms with Crippen LogP contribution in [0.4, 0.5) is 4.79 Å². The van der Waals surface area contributed by atoms with Crippen LogP contribution in [0.2, 0.25) is 0 Å². The number of aromatic nitrogens is 1. The summed E-state index contributed by atoms with van der Waals surface area (Å²) in [5.74, 6) is 0.317. The van der Waals surface area contributed by atoms with Crippen LogP contribution in [0.1, 0.15) is 29.3 Å². The number of urea groups is 1. The van der Waals surface area contributed by atoms with E-state index < -0.39 is 0 Å². The van der Waals surface area contributed by atoms with E-state index in [2.05, 4.69) is 15.6 Å². The van der Waals surface area contributed by atoms with Crippen LogP contribution in [0.5, 0.6) is 5.75 Å². The third-order valence-corrected chi connectivity index (χ3v) is 3.94. The van der Waals surface area contributed by atoms with Gasteiger partial charge in [0.25, 0.3) is 0 Å². The van der Waals surface area contributed by atoms with Crippen molar-refractivity contribution >= 4 is 6.03 Å². The molecule has 0 radical (unpaired) electrons. The maximum Gasteiger partial charge on any atom is 0.315 e. The number of amides is 2. The molecule has 0 fully saturated rings. The summed E-state index contributed by atoms with van der Waals surface area (Å²) in [5.41, 5.74) is 2.92. The van der Waals surface area contributed by atoms with E-state index in [1.165, 1.54) is 0 Å². The average molecular weight is 297 g/mol. The highest BCUT2D eigenvalue weighted by molar-refractivity contribution is 5.74. The number of pyridine rings is 1. The molecule has 1 aliphatic rings. The molecule has 1 aliphatic carbocycles. The van der Waals surface area contributed by atoms with Gasteiger partial charge in [-0.15, -0.1) is 0 Å². The van der Waals surface area contributed by atoms with Crippen LogP contribution >= 0.6 is 0 Å². The van der Waals surface area contributed by atoms with E-state index in [1.807, 2.05) is 30.3 Å². The Hall–Kier alpha value is -2.56. The Morgan fingerprint density at radius 3 is 3.00 bits per heavy atom. The summed E-state index contributed by atoms with van der Waals surface area (Å²) in [7, 11) is 0. The number of hydrogen-bond acceptors (Lipinski definition) is 3. The summed E-state index contributed by atoms with van der Waals surface area (Å²) >= 11 is 0. The predicted molar refractivity (Wildman–Crippen MR) is 83.6 cm³/mol. The van der Waals surface area contributed by atoms with Crippen LogP contribution < -0.4 is 10.6 Å². The number of benzene rings is 1. The molecule has 2 amide bonds. The van der Waals surface area contributed by atoms with Crippen molar-refractivity contribution in [3.63, 3.8) is 0 Å². The van der Waals surface area contributed by atoms with Gasteiger partial charge in [0, 0.05) is 24.9 Å². The van der Waals surface area contributed by atoms with Gasteiger partial charge in [-0.3, -0.25) is 4.98 Å². The van der Waals surface area contributed by atoms with Crippen LogP contribution in [-0.2, 0) is 12.8 Å². The number of carbonyl (C=O) groups excluding carboxylic acids is 1. The average Bonchev–Trinajstić information content (AvgIpc) is 2.93. The number of hydrogen-bond donors (Lipinski definition) is 3. The molecular weight excluding hydrogens is 278 g/mol. The van der Waals surface area contributed by atoms with Crippen LogP contribution in [-0.4, -0.2) is 22.7 Å². The summed E-state index contributed by atoms with van der Waals surface area (Å²) < 4.78 is 0. The molecule has 1 heterocycles. The van der Waals surface area contributed by atoms with Crippen molar-refractivity contribution < 1.29 is 9.90 Å². The minimum absolute atomic E-state index is 0.0306. The van der Waals surface area contributed by atoms with E-state index in [0.717, 1.165) is 29.7 Å². The molecule has 3 rings (SSSR count). The molecule has 2 aromatic rings. The van der Waals surface area contributed by atoms with Crippen molar-refractivity contribution in [2.24, 2.45) is 0 Å². The van der Waals surface area contributed by atoms with Gasteiger partial charge in [0.2, 0.25) is 0 Å². The number of nitrogens with zero attached hydrogens (tertiary/aromatic N) is 1. The SMILES string of the molecule is O=C(NCCc1ccccn1)N[C@H]1CCc2c(O)cccc21. The monoisotopic (exact) mass is 297 g/mol. The third-order valence-electron chi connectivity index (χ3n) is 3.94. The van der Waals surface area contributed by atoms with Crippen molar-refractivity contribution in [2.45, 2.75) is 25.3 Å². The first kappa shape index (κ1) is 14.4. The van der Waals surface area contributed by atoms with Gasteiger partial charge in [-0.05, 0) is 42.2 Å². The molecule has 0 unspecified atom stereocenters. The Kier molecular flexibility index (Phi) is 4.23. The maximum absolute atomic E-state index is 12.0. The fourth-order valence-electron chi connectivity index (χ4n) is 2.84. The molecular formula is C17H19N3O2. The molecule has 0 saturated heterocycles. The largest absolute Gasteiger partial charge is 0.508 e. The normalized spacial score (nSPS) is 16.1. The van der Waals surface area contributed by atoms with Crippen LogP contribution in [0.25, 0.3) is 0 Å². The van der Waals surface area contributed by atoms with Gasteiger partial charge in [-0.25, -0.2) is 4.79 Å². The Morgan fingerprint density at radius 2 is 2.18 bits per heavy atom. The maximum atomic E-state index is 12.0. The fraction of sp³-hybridized carbons (Fsp3) is 0.294. The molecule has 22 heavy (non-hydrogen) atoms. The molecule has 3 N–H and O–H groups in total. The second-order valence-electron chi connectivity index (χ2n) is 5.41. The highest BCUT2D eigenvalue weighted by atomic mass is 16.3. The van der Waals surface area contributed by atoms with Gasteiger partial charge in [-0.2, -0.15) is 0 Å².